The van der Waals surface area contributed by atoms with Gasteiger partial charge in [0.25, 0.3) is 0 Å². The number of carbonyl (C=O) groups excluding carboxylic acids is 1. The first-order valence-electron chi connectivity index (χ1n) is 6.34. The number of rotatable bonds is 5. The molecule has 0 atom stereocenters. The van der Waals surface area contributed by atoms with E-state index in [1.165, 1.54) is 5.56 Å². The van der Waals surface area contributed by atoms with Gasteiger partial charge >= 0.3 is 0 Å². The van der Waals surface area contributed by atoms with Crippen LogP contribution >= 0.6 is 0 Å². The van der Waals surface area contributed by atoms with Gasteiger partial charge < -0.3 is 11.1 Å². The molecule has 98 valence electrons. The summed E-state index contributed by atoms with van der Waals surface area (Å²) in [5.41, 5.74) is 9.21. The highest BCUT2D eigenvalue weighted by atomic mass is 16.1. The zero-order valence-corrected chi connectivity index (χ0v) is 11.0. The predicted molar refractivity (Wildman–Crippen MR) is 79.5 cm³/mol. The Labute approximate surface area is 113 Å². The lowest BCUT2D eigenvalue weighted by Gasteiger charge is -2.06. The number of Topliss-reactive ketones (excluding diaryl/α,β-unsaturated/α-hetero) is 1. The quantitative estimate of drug-likeness (QED) is 0.636. The Hall–Kier alpha value is -2.29. The molecular formula is C16H18N2O. The van der Waals surface area contributed by atoms with Crippen LogP contribution in [0.15, 0.2) is 48.5 Å². The molecular weight excluding hydrogens is 236 g/mol. The Bertz CT molecular complexity index is 561. The van der Waals surface area contributed by atoms with E-state index in [9.17, 15) is 4.79 Å². The second kappa shape index (κ2) is 6.05. The van der Waals surface area contributed by atoms with E-state index in [4.69, 9.17) is 5.73 Å². The second-order valence-electron chi connectivity index (χ2n) is 4.59. The topological polar surface area (TPSA) is 55.1 Å². The van der Waals surface area contributed by atoms with Crippen LogP contribution in [0, 0.1) is 6.92 Å². The largest absolute Gasteiger partial charge is 0.399 e. The minimum Gasteiger partial charge on any atom is -0.399 e. The lowest BCUT2D eigenvalue weighted by molar-refractivity contribution is 0.0986. The maximum Gasteiger partial charge on any atom is 0.164 e. The smallest absolute Gasteiger partial charge is 0.164 e. The summed E-state index contributed by atoms with van der Waals surface area (Å²) in [6.45, 7) is 2.67. The van der Waals surface area contributed by atoms with Crippen LogP contribution in [-0.4, -0.2) is 12.3 Å². The number of ketones is 1. The van der Waals surface area contributed by atoms with Gasteiger partial charge in [0.1, 0.15) is 0 Å². The average Bonchev–Trinajstić information content (AvgIpc) is 2.41. The fourth-order valence-electron chi connectivity index (χ4n) is 1.85. The van der Waals surface area contributed by atoms with Crippen molar-refractivity contribution in [2.45, 2.75) is 13.3 Å². The van der Waals surface area contributed by atoms with Gasteiger partial charge in [0, 0.05) is 29.9 Å². The minimum absolute atomic E-state index is 0.104. The summed E-state index contributed by atoms with van der Waals surface area (Å²) in [5.74, 6) is 0.104. The number of hydrogen-bond donors (Lipinski definition) is 2. The Morgan fingerprint density at radius 1 is 1.16 bits per heavy atom. The van der Waals surface area contributed by atoms with Crippen LogP contribution in [0.25, 0.3) is 0 Å². The molecule has 2 rings (SSSR count). The Balaban J connectivity index is 1.86. The van der Waals surface area contributed by atoms with Gasteiger partial charge in [-0.05, 0) is 31.2 Å². The van der Waals surface area contributed by atoms with Gasteiger partial charge in [0.2, 0.25) is 0 Å². The highest BCUT2D eigenvalue weighted by molar-refractivity contribution is 5.97. The Kier molecular flexibility index (Phi) is 4.18. The van der Waals surface area contributed by atoms with Crippen molar-refractivity contribution in [3.8, 4) is 0 Å². The molecule has 0 bridgehead atoms. The van der Waals surface area contributed by atoms with Crippen molar-refractivity contribution in [1.29, 1.82) is 0 Å². The minimum atomic E-state index is 0.104. The van der Waals surface area contributed by atoms with E-state index in [0.29, 0.717) is 24.2 Å². The fourth-order valence-corrected chi connectivity index (χ4v) is 1.85. The van der Waals surface area contributed by atoms with Crippen molar-refractivity contribution >= 4 is 17.2 Å². The first-order chi connectivity index (χ1) is 9.15. The number of nitrogen functional groups attached to an aromatic ring is 1. The molecule has 0 aromatic heterocycles. The van der Waals surface area contributed by atoms with Gasteiger partial charge in [0.05, 0.1) is 0 Å². The lowest BCUT2D eigenvalue weighted by atomic mass is 10.1. The van der Waals surface area contributed by atoms with E-state index in [0.717, 1.165) is 5.69 Å². The summed E-state index contributed by atoms with van der Waals surface area (Å²) in [6.07, 6.45) is 0.456. The molecule has 0 aliphatic carbocycles. The number of anilines is 2. The number of aryl methyl sites for hydroxylation is 1. The summed E-state index contributed by atoms with van der Waals surface area (Å²) >= 11 is 0. The van der Waals surface area contributed by atoms with Crippen LogP contribution in [0.2, 0.25) is 0 Å². The van der Waals surface area contributed by atoms with Gasteiger partial charge in [-0.25, -0.2) is 0 Å². The molecule has 0 saturated heterocycles. The third-order valence-electron chi connectivity index (χ3n) is 2.94. The lowest BCUT2D eigenvalue weighted by Crippen LogP contribution is -2.09. The molecule has 2 aromatic rings. The molecule has 2 aromatic carbocycles. The van der Waals surface area contributed by atoms with E-state index in [1.807, 2.05) is 31.2 Å². The summed E-state index contributed by atoms with van der Waals surface area (Å²) < 4.78 is 0. The summed E-state index contributed by atoms with van der Waals surface area (Å²) in [6, 6.07) is 15.2. The van der Waals surface area contributed by atoms with Crippen molar-refractivity contribution in [3.63, 3.8) is 0 Å². The highest BCUT2D eigenvalue weighted by Crippen LogP contribution is 2.11. The van der Waals surface area contributed by atoms with Gasteiger partial charge in [0.15, 0.2) is 5.78 Å². The maximum absolute atomic E-state index is 11.9. The fraction of sp³-hybridized carbons (Fsp3) is 0.188. The van der Waals surface area contributed by atoms with Crippen molar-refractivity contribution in [2.75, 3.05) is 17.6 Å². The first kappa shape index (κ1) is 13.1. The number of carbonyl (C=O) groups is 1. The molecule has 0 fully saturated rings. The van der Waals surface area contributed by atoms with Crippen molar-refractivity contribution < 1.29 is 4.79 Å². The number of benzene rings is 2. The average molecular weight is 254 g/mol. The van der Waals surface area contributed by atoms with E-state index in [-0.39, 0.29) is 5.78 Å². The van der Waals surface area contributed by atoms with Crippen LogP contribution in [0.4, 0.5) is 11.4 Å². The first-order valence-corrected chi connectivity index (χ1v) is 6.34. The van der Waals surface area contributed by atoms with Crippen LogP contribution in [0.5, 0.6) is 0 Å². The van der Waals surface area contributed by atoms with Gasteiger partial charge in [-0.3, -0.25) is 4.79 Å². The third-order valence-corrected chi connectivity index (χ3v) is 2.94. The maximum atomic E-state index is 11.9. The van der Waals surface area contributed by atoms with Crippen molar-refractivity contribution in [1.82, 2.24) is 0 Å². The molecule has 0 aliphatic heterocycles. The molecule has 0 saturated carbocycles. The van der Waals surface area contributed by atoms with Gasteiger partial charge in [-0.2, -0.15) is 0 Å². The molecule has 0 amide bonds. The number of nitrogens with two attached hydrogens (primary N) is 1. The molecule has 3 nitrogen and oxygen atoms in total. The molecule has 3 N–H and O–H groups in total. The predicted octanol–water partition coefficient (Wildman–Crippen LogP) is 3.26. The number of hydrogen-bond acceptors (Lipinski definition) is 3. The zero-order valence-electron chi connectivity index (χ0n) is 11.0. The Morgan fingerprint density at radius 2 is 1.89 bits per heavy atom. The van der Waals surface area contributed by atoms with Crippen LogP contribution in [0.1, 0.15) is 22.3 Å². The zero-order chi connectivity index (χ0) is 13.7. The molecule has 3 heteroatoms. The molecule has 0 unspecified atom stereocenters. The monoisotopic (exact) mass is 254 g/mol. The second-order valence-corrected chi connectivity index (χ2v) is 4.59. The summed E-state index contributed by atoms with van der Waals surface area (Å²) in [7, 11) is 0. The molecule has 0 spiro atoms. The third kappa shape index (κ3) is 3.85. The van der Waals surface area contributed by atoms with Gasteiger partial charge in [-0.1, -0.05) is 29.8 Å². The van der Waals surface area contributed by atoms with E-state index < -0.39 is 0 Å². The molecule has 0 radical (unpaired) electrons. The molecule has 19 heavy (non-hydrogen) atoms. The van der Waals surface area contributed by atoms with Crippen molar-refractivity contribution in [3.05, 3.63) is 59.7 Å². The van der Waals surface area contributed by atoms with Crippen LogP contribution < -0.4 is 11.1 Å². The van der Waals surface area contributed by atoms with Crippen LogP contribution in [-0.2, 0) is 0 Å². The normalized spacial score (nSPS) is 10.2. The van der Waals surface area contributed by atoms with Crippen molar-refractivity contribution in [2.24, 2.45) is 0 Å². The number of nitrogens with one attached hydrogen (secondary N) is 1. The SMILES string of the molecule is Cc1ccc(NCCC(=O)c2cccc(N)c2)cc1. The highest BCUT2D eigenvalue weighted by Gasteiger charge is 2.05. The standard InChI is InChI=1S/C16H18N2O/c1-12-5-7-15(8-6-12)18-10-9-16(19)13-3-2-4-14(17)11-13/h2-8,11,18H,9-10,17H2,1H3. The van der Waals surface area contributed by atoms with E-state index in [2.05, 4.69) is 5.32 Å². The Morgan fingerprint density at radius 3 is 2.58 bits per heavy atom. The van der Waals surface area contributed by atoms with E-state index >= 15 is 0 Å². The summed E-state index contributed by atoms with van der Waals surface area (Å²) in [5, 5.41) is 3.24. The van der Waals surface area contributed by atoms with E-state index in [1.54, 1.807) is 24.3 Å². The molecule has 0 heterocycles. The van der Waals surface area contributed by atoms with Crippen LogP contribution in [0.3, 0.4) is 0 Å². The molecule has 0 aliphatic rings. The van der Waals surface area contributed by atoms with Gasteiger partial charge in [-0.15, -0.1) is 0 Å². The summed E-state index contributed by atoms with van der Waals surface area (Å²) in [4.78, 5) is 11.9.